The van der Waals surface area contributed by atoms with Crippen molar-refractivity contribution < 1.29 is 4.79 Å². The zero-order valence-electron chi connectivity index (χ0n) is 8.87. The van der Waals surface area contributed by atoms with E-state index in [9.17, 15) is 4.79 Å². The molecule has 2 heteroatoms. The minimum Gasteiger partial charge on any atom is -0.332 e. The highest BCUT2D eigenvalue weighted by atomic mass is 16.2. The molecule has 0 radical (unpaired) electrons. The van der Waals surface area contributed by atoms with Crippen LogP contribution in [-0.2, 0) is 6.54 Å². The molecule has 1 heterocycles. The number of benzene rings is 1. The van der Waals surface area contributed by atoms with Crippen molar-refractivity contribution >= 4 is 5.91 Å². The average molecular weight is 189 g/mol. The summed E-state index contributed by atoms with van der Waals surface area (Å²) in [6, 6.07) is 6.33. The zero-order chi connectivity index (χ0) is 10.3. The first kappa shape index (κ1) is 9.25. The first-order chi connectivity index (χ1) is 6.59. The van der Waals surface area contributed by atoms with Crippen LogP contribution in [0.2, 0.25) is 0 Å². The predicted molar refractivity (Wildman–Crippen MR) is 56.2 cm³/mol. The van der Waals surface area contributed by atoms with Crippen molar-refractivity contribution in [3.8, 4) is 0 Å². The van der Waals surface area contributed by atoms with Gasteiger partial charge in [-0.1, -0.05) is 17.7 Å². The monoisotopic (exact) mass is 189 g/mol. The number of carbonyl (C=O) groups is 1. The third-order valence-electron chi connectivity index (χ3n) is 2.72. The van der Waals surface area contributed by atoms with Crippen molar-refractivity contribution in [3.05, 3.63) is 34.9 Å². The van der Waals surface area contributed by atoms with Gasteiger partial charge in [0.1, 0.15) is 0 Å². The molecule has 2 rings (SSSR count). The summed E-state index contributed by atoms with van der Waals surface area (Å²) in [5, 5.41) is 0. The maximum atomic E-state index is 11.9. The molecular weight excluding hydrogens is 174 g/mol. The molecule has 1 aliphatic rings. The summed E-state index contributed by atoms with van der Waals surface area (Å²) in [5.41, 5.74) is 3.27. The Balaban J connectivity index is 2.40. The molecule has 0 atom stereocenters. The van der Waals surface area contributed by atoms with Crippen LogP contribution in [0.1, 0.15) is 35.3 Å². The van der Waals surface area contributed by atoms with Gasteiger partial charge in [0, 0.05) is 18.2 Å². The van der Waals surface area contributed by atoms with Crippen molar-refractivity contribution in [1.82, 2.24) is 4.90 Å². The van der Waals surface area contributed by atoms with Gasteiger partial charge >= 0.3 is 0 Å². The molecule has 0 saturated carbocycles. The Morgan fingerprint density at radius 1 is 1.36 bits per heavy atom. The number of carbonyl (C=O) groups excluding carboxylic acids is 1. The lowest BCUT2D eigenvalue weighted by molar-refractivity contribution is 0.0730. The van der Waals surface area contributed by atoms with Crippen molar-refractivity contribution in [3.63, 3.8) is 0 Å². The van der Waals surface area contributed by atoms with E-state index in [1.165, 1.54) is 11.1 Å². The summed E-state index contributed by atoms with van der Waals surface area (Å²) < 4.78 is 0. The second kappa shape index (κ2) is 3.12. The first-order valence-electron chi connectivity index (χ1n) is 5.00. The van der Waals surface area contributed by atoms with E-state index in [4.69, 9.17) is 0 Å². The van der Waals surface area contributed by atoms with Crippen molar-refractivity contribution in [2.75, 3.05) is 0 Å². The molecule has 1 aromatic rings. The van der Waals surface area contributed by atoms with Gasteiger partial charge < -0.3 is 4.90 Å². The number of amides is 1. The van der Waals surface area contributed by atoms with Crippen LogP contribution in [0.15, 0.2) is 18.2 Å². The summed E-state index contributed by atoms with van der Waals surface area (Å²) in [6.45, 7) is 6.93. The molecule has 2 nitrogen and oxygen atoms in total. The Bertz CT molecular complexity index is 382. The lowest BCUT2D eigenvalue weighted by Gasteiger charge is -2.19. The van der Waals surface area contributed by atoms with Crippen molar-refractivity contribution in [1.29, 1.82) is 0 Å². The van der Waals surface area contributed by atoms with Gasteiger partial charge in [-0.2, -0.15) is 0 Å². The standard InChI is InChI=1S/C12H15NO/c1-8(2)13-7-10-6-9(3)4-5-11(10)12(13)14/h4-6,8H,7H2,1-3H3. The van der Waals surface area contributed by atoms with Crippen LogP contribution in [-0.4, -0.2) is 16.8 Å². The number of fused-ring (bicyclic) bond motifs is 1. The van der Waals surface area contributed by atoms with Crippen LogP contribution in [0.4, 0.5) is 0 Å². The number of hydrogen-bond acceptors (Lipinski definition) is 1. The molecule has 1 aliphatic heterocycles. The van der Waals surface area contributed by atoms with E-state index in [1.807, 2.05) is 17.0 Å². The smallest absolute Gasteiger partial charge is 0.254 e. The van der Waals surface area contributed by atoms with Crippen LogP contribution in [0, 0.1) is 6.92 Å². The fourth-order valence-electron chi connectivity index (χ4n) is 1.89. The van der Waals surface area contributed by atoms with Crippen LogP contribution in [0.3, 0.4) is 0 Å². The number of aryl methyl sites for hydroxylation is 1. The highest BCUT2D eigenvalue weighted by Crippen LogP contribution is 2.25. The minimum absolute atomic E-state index is 0.176. The summed E-state index contributed by atoms with van der Waals surface area (Å²) >= 11 is 0. The number of rotatable bonds is 1. The summed E-state index contributed by atoms with van der Waals surface area (Å²) in [7, 11) is 0. The van der Waals surface area contributed by atoms with E-state index in [1.54, 1.807) is 0 Å². The molecule has 1 aromatic carbocycles. The fraction of sp³-hybridized carbons (Fsp3) is 0.417. The fourth-order valence-corrected chi connectivity index (χ4v) is 1.89. The number of hydrogen-bond donors (Lipinski definition) is 0. The van der Waals surface area contributed by atoms with Gasteiger partial charge in [-0.15, -0.1) is 0 Å². The van der Waals surface area contributed by atoms with Gasteiger partial charge in [0.25, 0.3) is 5.91 Å². The average Bonchev–Trinajstić information content (AvgIpc) is 2.43. The normalized spacial score (nSPS) is 15.1. The molecule has 1 amide bonds. The largest absolute Gasteiger partial charge is 0.332 e. The van der Waals surface area contributed by atoms with Crippen molar-refractivity contribution in [2.24, 2.45) is 0 Å². The second-order valence-corrected chi connectivity index (χ2v) is 4.19. The van der Waals surface area contributed by atoms with Gasteiger partial charge in [0.15, 0.2) is 0 Å². The van der Waals surface area contributed by atoms with E-state index in [2.05, 4.69) is 26.8 Å². The van der Waals surface area contributed by atoms with Gasteiger partial charge in [-0.25, -0.2) is 0 Å². The van der Waals surface area contributed by atoms with Crippen molar-refractivity contribution in [2.45, 2.75) is 33.4 Å². The summed E-state index contributed by atoms with van der Waals surface area (Å²) in [4.78, 5) is 13.8. The van der Waals surface area contributed by atoms with E-state index < -0.39 is 0 Å². The maximum absolute atomic E-state index is 11.9. The molecule has 0 N–H and O–H groups in total. The molecule has 74 valence electrons. The van der Waals surface area contributed by atoms with Crippen LogP contribution >= 0.6 is 0 Å². The summed E-state index contributed by atoms with van der Waals surface area (Å²) in [5.74, 6) is 0.176. The third-order valence-corrected chi connectivity index (χ3v) is 2.72. The van der Waals surface area contributed by atoms with Gasteiger partial charge in [-0.05, 0) is 32.4 Å². The summed E-state index contributed by atoms with van der Waals surface area (Å²) in [6.07, 6.45) is 0. The quantitative estimate of drug-likeness (QED) is 0.664. The Labute approximate surface area is 84.5 Å². The van der Waals surface area contributed by atoms with E-state index >= 15 is 0 Å². The molecule has 0 aromatic heterocycles. The van der Waals surface area contributed by atoms with Gasteiger partial charge in [0.05, 0.1) is 0 Å². The highest BCUT2D eigenvalue weighted by Gasteiger charge is 2.28. The topological polar surface area (TPSA) is 20.3 Å². The lowest BCUT2D eigenvalue weighted by Crippen LogP contribution is -2.30. The highest BCUT2D eigenvalue weighted by molar-refractivity contribution is 5.98. The molecule has 0 bridgehead atoms. The SMILES string of the molecule is Cc1ccc2c(c1)CN(C(C)C)C2=O. The molecule has 0 spiro atoms. The molecule has 14 heavy (non-hydrogen) atoms. The Morgan fingerprint density at radius 3 is 2.71 bits per heavy atom. The Hall–Kier alpha value is -1.31. The first-order valence-corrected chi connectivity index (χ1v) is 5.00. The third kappa shape index (κ3) is 1.31. The zero-order valence-corrected chi connectivity index (χ0v) is 8.87. The van der Waals surface area contributed by atoms with Crippen LogP contribution in [0.25, 0.3) is 0 Å². The molecule has 0 saturated heterocycles. The second-order valence-electron chi connectivity index (χ2n) is 4.19. The van der Waals surface area contributed by atoms with E-state index in [-0.39, 0.29) is 11.9 Å². The van der Waals surface area contributed by atoms with E-state index in [0.29, 0.717) is 0 Å². The van der Waals surface area contributed by atoms with Gasteiger partial charge in [0.2, 0.25) is 0 Å². The number of nitrogens with zero attached hydrogens (tertiary/aromatic N) is 1. The lowest BCUT2D eigenvalue weighted by atomic mass is 10.1. The predicted octanol–water partition coefficient (Wildman–Crippen LogP) is 2.36. The van der Waals surface area contributed by atoms with Gasteiger partial charge in [-0.3, -0.25) is 4.79 Å². The molecule has 0 fully saturated rings. The van der Waals surface area contributed by atoms with Crippen LogP contribution < -0.4 is 0 Å². The molecule has 0 unspecified atom stereocenters. The van der Waals surface area contributed by atoms with Crippen LogP contribution in [0.5, 0.6) is 0 Å². The Morgan fingerprint density at radius 2 is 2.07 bits per heavy atom. The Kier molecular flexibility index (Phi) is 2.06. The minimum atomic E-state index is 0.176. The molecule has 0 aliphatic carbocycles. The maximum Gasteiger partial charge on any atom is 0.254 e. The van der Waals surface area contributed by atoms with E-state index in [0.717, 1.165) is 12.1 Å². The molecular formula is C12H15NO.